The number of amides is 1. The molecule has 2 aliphatic rings. The molecular weight excluding hydrogens is 298 g/mol. The predicted molar refractivity (Wildman–Crippen MR) is 98.8 cm³/mol. The monoisotopic (exact) mass is 323 g/mol. The van der Waals surface area contributed by atoms with Gasteiger partial charge in [0.15, 0.2) is 0 Å². The summed E-state index contributed by atoms with van der Waals surface area (Å²) in [6.07, 6.45) is 8.60. The third-order valence-corrected chi connectivity index (χ3v) is 5.22. The molecule has 4 nitrogen and oxygen atoms in total. The van der Waals surface area contributed by atoms with Crippen LogP contribution in [-0.2, 0) is 17.6 Å². The summed E-state index contributed by atoms with van der Waals surface area (Å²) < 4.78 is 0. The second-order valence-corrected chi connectivity index (χ2v) is 7.05. The summed E-state index contributed by atoms with van der Waals surface area (Å²) in [7, 11) is 0. The Morgan fingerprint density at radius 1 is 1.08 bits per heavy atom. The van der Waals surface area contributed by atoms with E-state index in [1.54, 1.807) is 6.92 Å². The minimum atomic E-state index is -0.0280. The lowest BCUT2D eigenvalue weighted by atomic mass is 9.91. The fourth-order valence-corrected chi connectivity index (χ4v) is 4.16. The molecule has 24 heavy (non-hydrogen) atoms. The zero-order valence-electron chi connectivity index (χ0n) is 14.4. The van der Waals surface area contributed by atoms with Crippen molar-refractivity contribution in [2.45, 2.75) is 51.9 Å². The van der Waals surface area contributed by atoms with E-state index in [9.17, 15) is 4.79 Å². The third kappa shape index (κ3) is 2.85. The van der Waals surface area contributed by atoms with Crippen molar-refractivity contribution in [1.82, 2.24) is 4.98 Å². The molecule has 1 aromatic carbocycles. The lowest BCUT2D eigenvalue weighted by Gasteiger charge is -2.33. The van der Waals surface area contributed by atoms with Crippen LogP contribution in [0.1, 0.15) is 50.3 Å². The van der Waals surface area contributed by atoms with Crippen molar-refractivity contribution in [3.8, 4) is 0 Å². The van der Waals surface area contributed by atoms with Gasteiger partial charge in [0.25, 0.3) is 0 Å². The standard InChI is InChI=1S/C20H25N3O/c1-14(24)21-15-9-10-19-17(13-15)20(23-11-5-2-6-12-23)16-7-3-4-8-18(16)22-19/h9-10,13H,2-8,11-12H2,1H3,(H,21,24). The number of nitrogens with zero attached hydrogens (tertiary/aromatic N) is 2. The highest BCUT2D eigenvalue weighted by Crippen LogP contribution is 2.38. The first-order chi connectivity index (χ1) is 11.7. The van der Waals surface area contributed by atoms with Gasteiger partial charge in [-0.25, -0.2) is 0 Å². The van der Waals surface area contributed by atoms with Gasteiger partial charge in [0.2, 0.25) is 5.91 Å². The predicted octanol–water partition coefficient (Wildman–Crippen LogP) is 4.06. The third-order valence-electron chi connectivity index (χ3n) is 5.22. The summed E-state index contributed by atoms with van der Waals surface area (Å²) in [5.74, 6) is -0.0280. The van der Waals surface area contributed by atoms with Gasteiger partial charge in [-0.3, -0.25) is 9.78 Å². The number of aryl methyl sites for hydroxylation is 1. The number of carbonyl (C=O) groups is 1. The number of rotatable bonds is 2. The van der Waals surface area contributed by atoms with Crippen LogP contribution in [0.3, 0.4) is 0 Å². The molecule has 0 unspecified atom stereocenters. The highest BCUT2D eigenvalue weighted by molar-refractivity contribution is 5.98. The molecule has 4 heteroatoms. The van der Waals surface area contributed by atoms with Crippen LogP contribution >= 0.6 is 0 Å². The Labute approximate surface area is 143 Å². The minimum Gasteiger partial charge on any atom is -0.371 e. The van der Waals surface area contributed by atoms with Crippen molar-refractivity contribution in [1.29, 1.82) is 0 Å². The van der Waals surface area contributed by atoms with Crippen molar-refractivity contribution >= 4 is 28.2 Å². The number of aromatic nitrogens is 1. The Bertz CT molecular complexity index is 778. The van der Waals surface area contributed by atoms with Gasteiger partial charge in [-0.15, -0.1) is 0 Å². The van der Waals surface area contributed by atoms with Crippen LogP contribution in [-0.4, -0.2) is 24.0 Å². The summed E-state index contributed by atoms with van der Waals surface area (Å²) in [6, 6.07) is 6.14. The number of carbonyl (C=O) groups excluding carboxylic acids is 1. The Morgan fingerprint density at radius 2 is 1.88 bits per heavy atom. The van der Waals surface area contributed by atoms with Crippen molar-refractivity contribution < 1.29 is 4.79 Å². The Morgan fingerprint density at radius 3 is 2.67 bits per heavy atom. The summed E-state index contributed by atoms with van der Waals surface area (Å²) in [6.45, 7) is 3.83. The van der Waals surface area contributed by atoms with Crippen LogP contribution < -0.4 is 10.2 Å². The minimum absolute atomic E-state index is 0.0280. The van der Waals surface area contributed by atoms with Gasteiger partial charge in [0.05, 0.1) is 11.2 Å². The Balaban J connectivity index is 1.90. The zero-order valence-corrected chi connectivity index (χ0v) is 14.4. The molecule has 0 spiro atoms. The first-order valence-corrected chi connectivity index (χ1v) is 9.20. The second kappa shape index (κ2) is 6.42. The molecule has 0 atom stereocenters. The molecule has 4 rings (SSSR count). The summed E-state index contributed by atoms with van der Waals surface area (Å²) in [5, 5.41) is 4.12. The van der Waals surface area contributed by atoms with Gasteiger partial charge in [0, 0.05) is 36.8 Å². The fraction of sp³-hybridized carbons (Fsp3) is 0.500. The number of piperidine rings is 1. The molecule has 1 aliphatic carbocycles. The SMILES string of the molecule is CC(=O)Nc1ccc2nc3c(c(N4CCCCC4)c2c1)CCCC3. The largest absolute Gasteiger partial charge is 0.371 e. The molecular formula is C20H25N3O. The topological polar surface area (TPSA) is 45.2 Å². The molecule has 1 aliphatic heterocycles. The highest BCUT2D eigenvalue weighted by atomic mass is 16.1. The average molecular weight is 323 g/mol. The first-order valence-electron chi connectivity index (χ1n) is 9.20. The lowest BCUT2D eigenvalue weighted by molar-refractivity contribution is -0.114. The smallest absolute Gasteiger partial charge is 0.221 e. The molecule has 1 saturated heterocycles. The molecule has 2 aromatic rings. The summed E-state index contributed by atoms with van der Waals surface area (Å²) in [4.78, 5) is 18.9. The molecule has 0 radical (unpaired) electrons. The van der Waals surface area contributed by atoms with Crippen molar-refractivity contribution in [3.63, 3.8) is 0 Å². The van der Waals surface area contributed by atoms with Gasteiger partial charge in [-0.05, 0) is 68.7 Å². The summed E-state index contributed by atoms with van der Waals surface area (Å²) >= 11 is 0. The lowest BCUT2D eigenvalue weighted by Crippen LogP contribution is -2.31. The van der Waals surface area contributed by atoms with Crippen LogP contribution in [0.15, 0.2) is 18.2 Å². The molecule has 1 N–H and O–H groups in total. The van der Waals surface area contributed by atoms with Crippen molar-refractivity contribution in [2.75, 3.05) is 23.3 Å². The highest BCUT2D eigenvalue weighted by Gasteiger charge is 2.23. The van der Waals surface area contributed by atoms with E-state index >= 15 is 0 Å². The van der Waals surface area contributed by atoms with E-state index in [4.69, 9.17) is 4.98 Å². The Kier molecular flexibility index (Phi) is 4.13. The van der Waals surface area contributed by atoms with Gasteiger partial charge < -0.3 is 10.2 Å². The van der Waals surface area contributed by atoms with Gasteiger partial charge >= 0.3 is 0 Å². The quantitative estimate of drug-likeness (QED) is 0.906. The average Bonchev–Trinajstić information content (AvgIpc) is 2.60. The molecule has 1 aromatic heterocycles. The van der Waals surface area contributed by atoms with E-state index in [0.29, 0.717) is 0 Å². The number of hydrogen-bond donors (Lipinski definition) is 1. The van der Waals surface area contributed by atoms with E-state index in [1.807, 2.05) is 6.07 Å². The normalized spacial score (nSPS) is 17.6. The molecule has 2 heterocycles. The van der Waals surface area contributed by atoms with Crippen LogP contribution in [0.25, 0.3) is 10.9 Å². The van der Waals surface area contributed by atoms with Gasteiger partial charge in [0.1, 0.15) is 0 Å². The van der Waals surface area contributed by atoms with Crippen LogP contribution in [0.5, 0.6) is 0 Å². The number of anilines is 2. The van der Waals surface area contributed by atoms with E-state index < -0.39 is 0 Å². The van der Waals surface area contributed by atoms with E-state index in [1.165, 1.54) is 54.4 Å². The van der Waals surface area contributed by atoms with E-state index in [0.717, 1.165) is 37.1 Å². The second-order valence-electron chi connectivity index (χ2n) is 7.05. The molecule has 0 bridgehead atoms. The van der Waals surface area contributed by atoms with Gasteiger partial charge in [-0.2, -0.15) is 0 Å². The first kappa shape index (κ1) is 15.4. The van der Waals surface area contributed by atoms with Crippen LogP contribution in [0.4, 0.5) is 11.4 Å². The Hall–Kier alpha value is -2.10. The summed E-state index contributed by atoms with van der Waals surface area (Å²) in [5.41, 5.74) is 6.06. The number of benzene rings is 1. The molecule has 126 valence electrons. The fourth-order valence-electron chi connectivity index (χ4n) is 4.16. The number of nitrogens with one attached hydrogen (secondary N) is 1. The van der Waals surface area contributed by atoms with E-state index in [2.05, 4.69) is 22.3 Å². The van der Waals surface area contributed by atoms with E-state index in [-0.39, 0.29) is 5.91 Å². The molecule has 1 amide bonds. The van der Waals surface area contributed by atoms with Crippen molar-refractivity contribution in [3.05, 3.63) is 29.5 Å². The number of hydrogen-bond acceptors (Lipinski definition) is 3. The van der Waals surface area contributed by atoms with Crippen LogP contribution in [0, 0.1) is 0 Å². The maximum absolute atomic E-state index is 11.4. The maximum atomic E-state index is 11.4. The zero-order chi connectivity index (χ0) is 16.5. The molecule has 0 saturated carbocycles. The van der Waals surface area contributed by atoms with Gasteiger partial charge in [-0.1, -0.05) is 0 Å². The van der Waals surface area contributed by atoms with Crippen molar-refractivity contribution in [2.24, 2.45) is 0 Å². The van der Waals surface area contributed by atoms with Crippen LogP contribution in [0.2, 0.25) is 0 Å². The molecule has 1 fully saturated rings. The number of pyridine rings is 1. The maximum Gasteiger partial charge on any atom is 0.221 e. The number of fused-ring (bicyclic) bond motifs is 2.